The predicted octanol–water partition coefficient (Wildman–Crippen LogP) is 1.21. The Bertz CT molecular complexity index is 583. The lowest BCUT2D eigenvalue weighted by atomic mass is 10.1. The van der Waals surface area contributed by atoms with Gasteiger partial charge in [0.05, 0.1) is 0 Å². The molecule has 1 heterocycles. The molecule has 1 N–H and O–H groups in total. The van der Waals surface area contributed by atoms with Gasteiger partial charge in [-0.15, -0.1) is 0 Å². The minimum atomic E-state index is -0.490. The second kappa shape index (κ2) is 4.05. The van der Waals surface area contributed by atoms with Crippen LogP contribution in [0, 0.1) is 0 Å². The monoisotopic (exact) mass is 283 g/mol. The molecule has 6 heteroatoms. The smallest absolute Gasteiger partial charge is 0.295 e. The van der Waals surface area contributed by atoms with Crippen LogP contribution in [0.15, 0.2) is 38.2 Å². The number of hydrogen-bond acceptors (Lipinski definition) is 3. The quantitative estimate of drug-likeness (QED) is 0.665. The van der Waals surface area contributed by atoms with Crippen LogP contribution < -0.4 is 10.3 Å². The highest BCUT2D eigenvalue weighted by atomic mass is 79.9. The van der Waals surface area contributed by atoms with Crippen LogP contribution in [0.4, 0.5) is 0 Å². The van der Waals surface area contributed by atoms with Crippen LogP contribution in [0.1, 0.15) is 17.3 Å². The molecule has 2 aromatic rings. The van der Waals surface area contributed by atoms with Crippen molar-refractivity contribution in [2.24, 2.45) is 0 Å². The van der Waals surface area contributed by atoms with Crippen LogP contribution in [-0.2, 0) is 0 Å². The normalized spacial score (nSPS) is 10.4. The first-order valence-corrected chi connectivity index (χ1v) is 5.29. The highest BCUT2D eigenvalue weighted by molar-refractivity contribution is 9.10. The van der Waals surface area contributed by atoms with Crippen molar-refractivity contribution in [1.29, 1.82) is 0 Å². The number of Topliss-reactive ketones (excluding diaryl/α,β-unsaturated/α-hetero) is 1. The Morgan fingerprint density at radius 2 is 2.00 bits per heavy atom. The summed E-state index contributed by atoms with van der Waals surface area (Å²) in [7, 11) is 0. The second-order valence-corrected chi connectivity index (χ2v) is 3.96. The summed E-state index contributed by atoms with van der Waals surface area (Å²) in [5, 5.41) is 2.44. The zero-order valence-electron chi connectivity index (χ0n) is 8.36. The summed E-state index contributed by atoms with van der Waals surface area (Å²) in [6, 6.07) is 6.80. The zero-order valence-corrected chi connectivity index (χ0v) is 9.95. The van der Waals surface area contributed by atoms with Crippen LogP contribution >= 0.6 is 15.9 Å². The van der Waals surface area contributed by atoms with E-state index in [1.54, 1.807) is 24.3 Å². The maximum Gasteiger partial charge on any atom is 0.442 e. The van der Waals surface area contributed by atoms with Gasteiger partial charge in [-0.05, 0) is 29.0 Å². The van der Waals surface area contributed by atoms with Crippen LogP contribution in [0.5, 0.6) is 0 Å². The van der Waals surface area contributed by atoms with Gasteiger partial charge in [0, 0.05) is 33.6 Å². The third-order valence-electron chi connectivity index (χ3n) is 2.13. The number of aromatic amines is 1. The van der Waals surface area contributed by atoms with Gasteiger partial charge >= 0.3 is 10.2 Å². The van der Waals surface area contributed by atoms with Gasteiger partial charge in [-0.25, -0.2) is 4.79 Å². The molecular formula is C10H8BrN2O3+. The lowest BCUT2D eigenvalue weighted by molar-refractivity contribution is -0.680. The van der Waals surface area contributed by atoms with Gasteiger partial charge in [0.1, 0.15) is 0 Å². The molecule has 16 heavy (non-hydrogen) atoms. The van der Waals surface area contributed by atoms with Crippen molar-refractivity contribution in [2.75, 3.05) is 0 Å². The average Bonchev–Trinajstić information content (AvgIpc) is 2.60. The molecule has 0 spiro atoms. The van der Waals surface area contributed by atoms with E-state index in [1.807, 2.05) is 0 Å². The number of carbonyl (C=O) groups excluding carboxylic acids is 1. The summed E-state index contributed by atoms with van der Waals surface area (Å²) in [6.45, 7) is 1.50. The van der Waals surface area contributed by atoms with Crippen molar-refractivity contribution in [3.63, 3.8) is 0 Å². The molecule has 1 aromatic carbocycles. The number of H-pyrrole nitrogens is 1. The van der Waals surface area contributed by atoms with Crippen molar-refractivity contribution in [3.8, 4) is 5.69 Å². The summed E-state index contributed by atoms with van der Waals surface area (Å²) in [5.74, 6) is -0.00342. The molecule has 2 rings (SSSR count). The van der Waals surface area contributed by atoms with E-state index < -0.39 is 5.63 Å². The standard InChI is InChI=1S/C10H7BrN2O3/c1-6(14)7-2-4-8(5-3-7)13-9(11)10(15)16-12-13/h2-5H,1H3/p+1. The van der Waals surface area contributed by atoms with E-state index in [0.717, 1.165) is 0 Å². The van der Waals surface area contributed by atoms with Crippen LogP contribution in [-0.4, -0.2) is 11.1 Å². The minimum absolute atomic E-state index is 0.00342. The third kappa shape index (κ3) is 1.83. The Kier molecular flexibility index (Phi) is 2.74. The summed E-state index contributed by atoms with van der Waals surface area (Å²) < 4.78 is 6.30. The number of carbonyl (C=O) groups is 1. The van der Waals surface area contributed by atoms with Gasteiger partial charge in [0.25, 0.3) is 0 Å². The molecule has 0 amide bonds. The minimum Gasteiger partial charge on any atom is -0.295 e. The fourth-order valence-electron chi connectivity index (χ4n) is 1.27. The number of ketones is 1. The van der Waals surface area contributed by atoms with Crippen molar-refractivity contribution < 1.29 is 14.0 Å². The summed E-state index contributed by atoms with van der Waals surface area (Å²) in [6.07, 6.45) is 0. The van der Waals surface area contributed by atoms with E-state index >= 15 is 0 Å². The van der Waals surface area contributed by atoms with Gasteiger partial charge in [0.15, 0.2) is 5.78 Å². The molecule has 0 aliphatic heterocycles. The highest BCUT2D eigenvalue weighted by Gasteiger charge is 2.19. The third-order valence-corrected chi connectivity index (χ3v) is 2.80. The maximum atomic E-state index is 11.1. The molecule has 0 bridgehead atoms. The average molecular weight is 284 g/mol. The van der Waals surface area contributed by atoms with Crippen LogP contribution in [0.25, 0.3) is 5.69 Å². The molecule has 1 aromatic heterocycles. The Balaban J connectivity index is 2.46. The molecule has 82 valence electrons. The lowest BCUT2D eigenvalue weighted by Crippen LogP contribution is -2.34. The van der Waals surface area contributed by atoms with E-state index in [-0.39, 0.29) is 10.4 Å². The first kappa shape index (κ1) is 10.8. The second-order valence-electron chi connectivity index (χ2n) is 3.21. The van der Waals surface area contributed by atoms with E-state index in [9.17, 15) is 9.59 Å². The van der Waals surface area contributed by atoms with Crippen molar-refractivity contribution >= 4 is 21.7 Å². The van der Waals surface area contributed by atoms with Gasteiger partial charge in [-0.1, -0.05) is 0 Å². The van der Waals surface area contributed by atoms with Gasteiger partial charge in [-0.3, -0.25) is 9.32 Å². The Morgan fingerprint density at radius 1 is 1.38 bits per heavy atom. The molecule has 0 saturated heterocycles. The molecular weight excluding hydrogens is 276 g/mol. The Morgan fingerprint density at radius 3 is 2.44 bits per heavy atom. The highest BCUT2D eigenvalue weighted by Crippen LogP contribution is 2.06. The lowest BCUT2D eigenvalue weighted by Gasteiger charge is -1.94. The summed E-state index contributed by atoms with van der Waals surface area (Å²) >= 11 is 3.09. The summed E-state index contributed by atoms with van der Waals surface area (Å²) in [5.41, 5.74) is 0.824. The van der Waals surface area contributed by atoms with E-state index in [1.165, 1.54) is 11.6 Å². The Hall–Kier alpha value is -1.69. The van der Waals surface area contributed by atoms with Crippen molar-refractivity contribution in [3.05, 3.63) is 44.9 Å². The number of nitrogens with zero attached hydrogens (tertiary/aromatic N) is 1. The largest absolute Gasteiger partial charge is 0.442 e. The predicted molar refractivity (Wildman–Crippen MR) is 58.6 cm³/mol. The molecule has 0 radical (unpaired) electrons. The van der Waals surface area contributed by atoms with Gasteiger partial charge in [0.2, 0.25) is 5.69 Å². The number of rotatable bonds is 2. The zero-order chi connectivity index (χ0) is 11.7. The first-order chi connectivity index (χ1) is 7.59. The number of benzene rings is 1. The maximum absolute atomic E-state index is 11.1. The van der Waals surface area contributed by atoms with Crippen LogP contribution in [0.3, 0.4) is 0 Å². The number of halogens is 1. The van der Waals surface area contributed by atoms with Crippen molar-refractivity contribution in [1.82, 2.24) is 5.27 Å². The van der Waals surface area contributed by atoms with Crippen LogP contribution in [0.2, 0.25) is 0 Å². The Labute approximate surface area is 98.8 Å². The molecule has 0 saturated carbocycles. The SMILES string of the molecule is CC(=O)c1ccc(-[n+]2[nH]oc(=O)c2Br)cc1. The molecule has 5 nitrogen and oxygen atoms in total. The molecule has 0 fully saturated rings. The fraction of sp³-hybridized carbons (Fsp3) is 0.100. The van der Waals surface area contributed by atoms with Crippen molar-refractivity contribution in [2.45, 2.75) is 6.92 Å². The number of nitrogens with one attached hydrogen (secondary N) is 1. The topological polar surface area (TPSA) is 66.9 Å². The summed E-state index contributed by atoms with van der Waals surface area (Å²) in [4.78, 5) is 22.1. The molecule has 0 unspecified atom stereocenters. The van der Waals surface area contributed by atoms with Gasteiger partial charge < -0.3 is 0 Å². The van der Waals surface area contributed by atoms with E-state index in [2.05, 4.69) is 25.7 Å². The molecule has 0 aliphatic rings. The number of hydrogen-bond donors (Lipinski definition) is 1. The first-order valence-electron chi connectivity index (χ1n) is 4.50. The van der Waals surface area contributed by atoms with Gasteiger partial charge in [-0.2, -0.15) is 0 Å². The van der Waals surface area contributed by atoms with E-state index in [4.69, 9.17) is 0 Å². The molecule has 0 atom stereocenters. The molecule has 0 aliphatic carbocycles. The fourth-order valence-corrected chi connectivity index (χ4v) is 1.63. The van der Waals surface area contributed by atoms with E-state index in [0.29, 0.717) is 11.3 Å². The number of aromatic nitrogens is 2.